The average molecular weight is 456 g/mol. The van der Waals surface area contributed by atoms with Crippen molar-refractivity contribution < 1.29 is 0 Å². The fourth-order valence-corrected chi connectivity index (χ4v) is 3.52. The molecule has 0 saturated carbocycles. The van der Waals surface area contributed by atoms with E-state index in [-0.39, 0.29) is 0 Å². The Kier molecular flexibility index (Phi) is 5.83. The van der Waals surface area contributed by atoms with Gasteiger partial charge in [0.05, 0.1) is 5.52 Å². The van der Waals surface area contributed by atoms with Crippen molar-refractivity contribution in [2.24, 2.45) is 0 Å². The number of nitrogens with one attached hydrogen (secondary N) is 1. The van der Waals surface area contributed by atoms with Crippen LogP contribution in [0.3, 0.4) is 0 Å². The Labute approximate surface area is 185 Å². The molecule has 2 heterocycles. The molecule has 0 saturated heterocycles. The number of nitrogens with zero attached hydrogens (tertiary/aromatic N) is 2. The van der Waals surface area contributed by atoms with Crippen molar-refractivity contribution in [3.8, 4) is 23.0 Å². The van der Waals surface area contributed by atoms with Crippen molar-refractivity contribution in [1.29, 1.82) is 0 Å². The summed E-state index contributed by atoms with van der Waals surface area (Å²) in [5.41, 5.74) is 6.07. The van der Waals surface area contributed by atoms with Crippen LogP contribution in [0.1, 0.15) is 30.7 Å². The van der Waals surface area contributed by atoms with Gasteiger partial charge in [0.15, 0.2) is 0 Å². The van der Waals surface area contributed by atoms with Crippen LogP contribution in [-0.4, -0.2) is 16.0 Å². The minimum atomic E-state index is 0.349. The van der Waals surface area contributed by atoms with Crippen LogP contribution in [-0.2, 0) is 0 Å². The molecule has 1 N–H and O–H groups in total. The van der Waals surface area contributed by atoms with Crippen LogP contribution < -0.4 is 5.32 Å². The van der Waals surface area contributed by atoms with E-state index in [1.165, 1.54) is 5.56 Å². The molecule has 0 aliphatic heterocycles. The Hall–Kier alpha value is -3.16. The van der Waals surface area contributed by atoms with Gasteiger partial charge in [0, 0.05) is 33.2 Å². The van der Waals surface area contributed by atoms with Crippen LogP contribution in [0.15, 0.2) is 71.3 Å². The Morgan fingerprint density at radius 1 is 0.900 bits per heavy atom. The minimum absolute atomic E-state index is 0.349. The van der Waals surface area contributed by atoms with Crippen molar-refractivity contribution >= 4 is 32.7 Å². The van der Waals surface area contributed by atoms with Crippen LogP contribution in [0, 0.1) is 18.8 Å². The lowest BCUT2D eigenvalue weighted by atomic mass is 10.1. The van der Waals surface area contributed by atoms with E-state index in [2.05, 4.69) is 89.2 Å². The smallest absolute Gasteiger partial charge is 0.127 e. The Morgan fingerprint density at radius 3 is 2.37 bits per heavy atom. The highest BCUT2D eigenvalue weighted by Crippen LogP contribution is 2.23. The SMILES string of the molecule is Cc1cc(NC(C)C)nc2ccc(C#Cc3ccc(-c4ccc(Br)cc4)cn3)cc12. The molecule has 2 aromatic carbocycles. The third-order valence-corrected chi connectivity index (χ3v) is 5.26. The van der Waals surface area contributed by atoms with E-state index in [0.29, 0.717) is 6.04 Å². The van der Waals surface area contributed by atoms with E-state index in [0.717, 1.165) is 43.6 Å². The van der Waals surface area contributed by atoms with Gasteiger partial charge in [-0.05, 0) is 80.3 Å². The maximum atomic E-state index is 4.70. The highest BCUT2D eigenvalue weighted by molar-refractivity contribution is 9.10. The van der Waals surface area contributed by atoms with Gasteiger partial charge in [0.25, 0.3) is 0 Å². The second kappa shape index (κ2) is 8.69. The number of fused-ring (bicyclic) bond motifs is 1. The predicted octanol–water partition coefficient (Wildman–Crippen LogP) is 6.59. The number of pyridine rings is 2. The van der Waals surface area contributed by atoms with E-state index < -0.39 is 0 Å². The summed E-state index contributed by atoms with van der Waals surface area (Å²) in [5.74, 6) is 7.31. The predicted molar refractivity (Wildman–Crippen MR) is 129 cm³/mol. The molecule has 0 spiro atoms. The topological polar surface area (TPSA) is 37.8 Å². The monoisotopic (exact) mass is 455 g/mol. The number of aromatic nitrogens is 2. The highest BCUT2D eigenvalue weighted by atomic mass is 79.9. The van der Waals surface area contributed by atoms with Crippen LogP contribution >= 0.6 is 15.9 Å². The molecule has 0 radical (unpaired) electrons. The average Bonchev–Trinajstić information content (AvgIpc) is 2.73. The van der Waals surface area contributed by atoms with E-state index in [1.54, 1.807) is 0 Å². The molecule has 0 atom stereocenters. The maximum absolute atomic E-state index is 4.70. The molecule has 0 unspecified atom stereocenters. The van der Waals surface area contributed by atoms with Crippen molar-refractivity contribution in [1.82, 2.24) is 9.97 Å². The normalized spacial score (nSPS) is 10.7. The summed E-state index contributed by atoms with van der Waals surface area (Å²) in [6.45, 7) is 6.33. The van der Waals surface area contributed by atoms with Gasteiger partial charge in [0.1, 0.15) is 11.5 Å². The molecule has 0 aliphatic rings. The molecule has 0 bridgehead atoms. The van der Waals surface area contributed by atoms with E-state index in [1.807, 2.05) is 36.5 Å². The van der Waals surface area contributed by atoms with Crippen molar-refractivity contribution in [2.75, 3.05) is 5.32 Å². The molecule has 4 aromatic rings. The summed E-state index contributed by atoms with van der Waals surface area (Å²) in [6, 6.07) is 20.8. The van der Waals surface area contributed by atoms with Crippen LogP contribution in [0.25, 0.3) is 22.0 Å². The van der Waals surface area contributed by atoms with E-state index in [9.17, 15) is 0 Å². The number of benzene rings is 2. The first-order valence-corrected chi connectivity index (χ1v) is 10.7. The lowest BCUT2D eigenvalue weighted by molar-refractivity contribution is 0.891. The van der Waals surface area contributed by atoms with E-state index >= 15 is 0 Å². The number of hydrogen-bond donors (Lipinski definition) is 1. The maximum Gasteiger partial charge on any atom is 0.127 e. The molecule has 148 valence electrons. The molecule has 3 nitrogen and oxygen atoms in total. The van der Waals surface area contributed by atoms with Gasteiger partial charge in [-0.2, -0.15) is 0 Å². The van der Waals surface area contributed by atoms with Crippen LogP contribution in [0.5, 0.6) is 0 Å². The van der Waals surface area contributed by atoms with Crippen molar-refractivity contribution in [3.63, 3.8) is 0 Å². The summed E-state index contributed by atoms with van der Waals surface area (Å²) >= 11 is 3.46. The number of anilines is 1. The molecule has 2 aromatic heterocycles. The molecule has 0 amide bonds. The van der Waals surface area contributed by atoms with E-state index in [4.69, 9.17) is 4.98 Å². The lowest BCUT2D eigenvalue weighted by Gasteiger charge is -2.11. The zero-order valence-corrected chi connectivity index (χ0v) is 18.8. The molecular formula is C26H22BrN3. The fraction of sp³-hybridized carbons (Fsp3) is 0.154. The third kappa shape index (κ3) is 4.69. The zero-order chi connectivity index (χ0) is 21.1. The number of halogens is 1. The summed E-state index contributed by atoms with van der Waals surface area (Å²) in [6.07, 6.45) is 1.87. The summed E-state index contributed by atoms with van der Waals surface area (Å²) in [4.78, 5) is 9.21. The number of rotatable bonds is 3. The Bertz CT molecular complexity index is 1250. The first-order valence-electron chi connectivity index (χ1n) is 9.90. The van der Waals surface area contributed by atoms with Gasteiger partial charge in [-0.1, -0.05) is 40.0 Å². The first kappa shape index (κ1) is 20.1. The second-order valence-corrected chi connectivity index (χ2v) is 8.46. The lowest BCUT2D eigenvalue weighted by Crippen LogP contribution is -2.11. The van der Waals surface area contributed by atoms with Crippen molar-refractivity contribution in [3.05, 3.63) is 88.2 Å². The summed E-state index contributed by atoms with van der Waals surface area (Å²) < 4.78 is 1.06. The quantitative estimate of drug-likeness (QED) is 0.354. The second-order valence-electron chi connectivity index (χ2n) is 7.54. The number of hydrogen-bond acceptors (Lipinski definition) is 3. The molecule has 0 aliphatic carbocycles. The zero-order valence-electron chi connectivity index (χ0n) is 17.2. The number of aryl methyl sites for hydroxylation is 1. The Morgan fingerprint density at radius 2 is 1.67 bits per heavy atom. The largest absolute Gasteiger partial charge is 0.368 e. The van der Waals surface area contributed by atoms with Gasteiger partial charge >= 0.3 is 0 Å². The molecule has 4 rings (SSSR count). The van der Waals surface area contributed by atoms with Gasteiger partial charge in [-0.15, -0.1) is 0 Å². The van der Waals surface area contributed by atoms with Crippen LogP contribution in [0.4, 0.5) is 5.82 Å². The van der Waals surface area contributed by atoms with Gasteiger partial charge in [-0.25, -0.2) is 9.97 Å². The molecular weight excluding hydrogens is 434 g/mol. The standard InChI is InChI=1S/C26H22BrN3/c1-17(2)29-26-14-18(3)24-15-19(5-13-25(24)30-26)4-11-23-12-8-21(16-28-23)20-6-9-22(27)10-7-20/h5-10,12-17H,1-3H3,(H,29,30). The van der Waals surface area contributed by atoms with Crippen LogP contribution in [0.2, 0.25) is 0 Å². The first-order chi connectivity index (χ1) is 14.5. The molecule has 4 heteroatoms. The summed E-state index contributed by atoms with van der Waals surface area (Å²) in [5, 5.41) is 4.49. The summed E-state index contributed by atoms with van der Waals surface area (Å²) in [7, 11) is 0. The van der Waals surface area contributed by atoms with Gasteiger partial charge in [0.2, 0.25) is 0 Å². The Balaban J connectivity index is 1.57. The molecule has 0 fully saturated rings. The minimum Gasteiger partial charge on any atom is -0.368 e. The fourth-order valence-electron chi connectivity index (χ4n) is 3.26. The van der Waals surface area contributed by atoms with Gasteiger partial charge in [-0.3, -0.25) is 0 Å². The van der Waals surface area contributed by atoms with Crippen molar-refractivity contribution in [2.45, 2.75) is 26.8 Å². The van der Waals surface area contributed by atoms with Gasteiger partial charge < -0.3 is 5.32 Å². The highest BCUT2D eigenvalue weighted by Gasteiger charge is 2.05. The third-order valence-electron chi connectivity index (χ3n) is 4.73. The molecule has 30 heavy (non-hydrogen) atoms.